The Morgan fingerprint density at radius 2 is 1.52 bits per heavy atom. The van der Waals surface area contributed by atoms with Gasteiger partial charge in [0.2, 0.25) is 0 Å². The summed E-state index contributed by atoms with van der Waals surface area (Å²) >= 11 is 0.542. The van der Waals surface area contributed by atoms with Crippen molar-refractivity contribution in [2.45, 2.75) is 94.4 Å². The minimum atomic E-state index is -1.58. The van der Waals surface area contributed by atoms with E-state index in [1.807, 2.05) is 0 Å². The third-order valence-corrected chi connectivity index (χ3v) is 17.1. The molecule has 0 atom stereocenters. The second-order valence-electron chi connectivity index (χ2n) is 6.60. The van der Waals surface area contributed by atoms with Gasteiger partial charge in [-0.15, -0.1) is 0 Å². The summed E-state index contributed by atoms with van der Waals surface area (Å²) in [6.45, 7) is 11.6. The molecule has 1 aromatic heterocycles. The van der Waals surface area contributed by atoms with Gasteiger partial charge in [0.25, 0.3) is 0 Å². The van der Waals surface area contributed by atoms with Crippen molar-refractivity contribution in [3.63, 3.8) is 0 Å². The summed E-state index contributed by atoms with van der Waals surface area (Å²) < 4.78 is 4.72. The Morgan fingerprint density at radius 3 is 2.00 bits per heavy atom. The van der Waals surface area contributed by atoms with Crippen molar-refractivity contribution < 1.29 is 0 Å². The summed E-state index contributed by atoms with van der Waals surface area (Å²) in [6, 6.07) is 0. The van der Waals surface area contributed by atoms with E-state index in [-0.39, 0.29) is 0 Å². The van der Waals surface area contributed by atoms with Gasteiger partial charge in [-0.3, -0.25) is 0 Å². The molecule has 0 aliphatic carbocycles. The molecule has 1 nitrogen and oxygen atoms in total. The number of nitrogens with zero attached hydrogens (tertiary/aromatic N) is 1. The Hall–Kier alpha value is 0.429. The molecule has 3 heteroatoms. The molecule has 0 spiro atoms. The maximum atomic E-state index is 5.18. The number of hydrogen-bond acceptors (Lipinski definition) is 2. The molecule has 0 saturated carbocycles. The van der Waals surface area contributed by atoms with E-state index in [4.69, 9.17) is 4.98 Å². The van der Waals surface area contributed by atoms with E-state index in [0.717, 1.165) is 0 Å². The van der Waals surface area contributed by atoms with E-state index in [0.29, 0.717) is 5.92 Å². The van der Waals surface area contributed by atoms with Crippen molar-refractivity contribution in [3.8, 4) is 0 Å². The third-order valence-electron chi connectivity index (χ3n) is 4.21. The van der Waals surface area contributed by atoms with Crippen molar-refractivity contribution in [1.29, 1.82) is 0 Å². The number of hydrogen-bond donors (Lipinski definition) is 0. The number of aromatic nitrogens is 1. The van der Waals surface area contributed by atoms with Gasteiger partial charge in [-0.05, 0) is 0 Å². The maximum absolute atomic E-state index is 5.18. The number of aryl methyl sites for hydroxylation is 1. The van der Waals surface area contributed by atoms with E-state index in [2.05, 4.69) is 46.0 Å². The van der Waals surface area contributed by atoms with E-state index < -0.39 is 19.8 Å². The molecule has 122 valence electrons. The van der Waals surface area contributed by atoms with Gasteiger partial charge in [0.1, 0.15) is 0 Å². The first-order chi connectivity index (χ1) is 10.1. The molecule has 1 heterocycles. The quantitative estimate of drug-likeness (QED) is 0.426. The topological polar surface area (TPSA) is 12.9 Å². The van der Waals surface area contributed by atoms with Crippen LogP contribution in [-0.4, -0.2) is 24.7 Å². The molecular weight excluding hydrogens is 381 g/mol. The van der Waals surface area contributed by atoms with Gasteiger partial charge in [0.15, 0.2) is 0 Å². The first-order valence-corrected chi connectivity index (χ1v) is 16.3. The summed E-state index contributed by atoms with van der Waals surface area (Å²) in [7, 11) is 0. The standard InChI is InChI=1S/C10H16NS.2C4H9.Sn.H/c1-4-5-6-9-10(8(2)3)11-7-12-9;2*1-3-4-2;;/h8H,4-6H2,1-3H3;2*1,3-4H2,2H3;;. The van der Waals surface area contributed by atoms with Crippen molar-refractivity contribution in [3.05, 3.63) is 10.6 Å². The van der Waals surface area contributed by atoms with Crippen LogP contribution >= 0.6 is 11.3 Å². The monoisotopic (exact) mass is 417 g/mol. The molecule has 0 aliphatic heterocycles. The summed E-state index contributed by atoms with van der Waals surface area (Å²) in [4.78, 5) is 6.80. The van der Waals surface area contributed by atoms with Crippen LogP contribution in [0.25, 0.3) is 0 Å². The molecule has 21 heavy (non-hydrogen) atoms. The van der Waals surface area contributed by atoms with Crippen LogP contribution in [0.2, 0.25) is 8.87 Å². The average Bonchev–Trinajstić information content (AvgIpc) is 2.89. The summed E-state index contributed by atoms with van der Waals surface area (Å²) in [6.07, 6.45) is 9.46. The van der Waals surface area contributed by atoms with Crippen LogP contribution in [0.4, 0.5) is 0 Å². The second-order valence-corrected chi connectivity index (χ2v) is 17.7. The molecule has 0 amide bonds. The second kappa shape index (κ2) is 11.0. The van der Waals surface area contributed by atoms with E-state index in [9.17, 15) is 0 Å². The fourth-order valence-electron chi connectivity index (χ4n) is 2.82. The van der Waals surface area contributed by atoms with Crippen molar-refractivity contribution >= 4 is 34.1 Å². The van der Waals surface area contributed by atoms with Crippen molar-refractivity contribution in [2.75, 3.05) is 0 Å². The first-order valence-electron chi connectivity index (χ1n) is 9.13. The Bertz CT molecular complexity index is 379. The van der Waals surface area contributed by atoms with E-state index >= 15 is 0 Å². The average molecular weight is 416 g/mol. The molecule has 0 saturated heterocycles. The Labute approximate surface area is 143 Å². The summed E-state index contributed by atoms with van der Waals surface area (Å²) in [5, 5.41) is 0. The normalized spacial score (nSPS) is 11.8. The van der Waals surface area contributed by atoms with Crippen LogP contribution in [0.5, 0.6) is 0 Å². The molecular formula is C18H35NSSn. The zero-order valence-electron chi connectivity index (χ0n) is 14.9. The van der Waals surface area contributed by atoms with Gasteiger partial charge in [-0.25, -0.2) is 0 Å². The van der Waals surface area contributed by atoms with Gasteiger partial charge >= 0.3 is 144 Å². The van der Waals surface area contributed by atoms with Crippen molar-refractivity contribution in [2.24, 2.45) is 0 Å². The molecule has 1 aromatic rings. The Morgan fingerprint density at radius 1 is 0.952 bits per heavy atom. The molecule has 0 bridgehead atoms. The number of unbranched alkanes of at least 4 members (excludes halogenated alkanes) is 3. The zero-order chi connectivity index (χ0) is 15.7. The molecule has 0 aromatic carbocycles. The van der Waals surface area contributed by atoms with E-state index in [1.165, 1.54) is 59.5 Å². The molecule has 0 radical (unpaired) electrons. The molecule has 1 rings (SSSR count). The third kappa shape index (κ3) is 6.60. The van der Waals surface area contributed by atoms with Gasteiger partial charge in [0.05, 0.1) is 0 Å². The van der Waals surface area contributed by atoms with Crippen LogP contribution < -0.4 is 3.02 Å². The Balaban J connectivity index is 2.89. The van der Waals surface area contributed by atoms with Crippen LogP contribution in [0.1, 0.15) is 89.6 Å². The zero-order valence-corrected chi connectivity index (χ0v) is 19.0. The van der Waals surface area contributed by atoms with Gasteiger partial charge < -0.3 is 0 Å². The molecule has 0 aliphatic rings. The minimum absolute atomic E-state index is 0.603. The summed E-state index contributed by atoms with van der Waals surface area (Å²) in [5.41, 5.74) is 1.44. The van der Waals surface area contributed by atoms with Gasteiger partial charge in [0, 0.05) is 0 Å². The molecule has 0 fully saturated rings. The first kappa shape index (κ1) is 19.5. The fourth-order valence-corrected chi connectivity index (χ4v) is 16.5. The SMILES string of the molecule is CCCCc1s[c]([SnH]([CH2]CCC)[CH2]CCC)nc1C(C)C. The fraction of sp³-hybridized carbons (Fsp3) is 0.833. The predicted molar refractivity (Wildman–Crippen MR) is 101 cm³/mol. The van der Waals surface area contributed by atoms with Crippen molar-refractivity contribution in [1.82, 2.24) is 4.98 Å². The van der Waals surface area contributed by atoms with Crippen LogP contribution in [0.15, 0.2) is 0 Å². The van der Waals surface area contributed by atoms with Crippen LogP contribution in [-0.2, 0) is 6.42 Å². The van der Waals surface area contributed by atoms with Gasteiger partial charge in [-0.2, -0.15) is 0 Å². The van der Waals surface area contributed by atoms with Gasteiger partial charge in [-0.1, -0.05) is 0 Å². The van der Waals surface area contributed by atoms with Crippen LogP contribution in [0, 0.1) is 0 Å². The number of thiazole rings is 1. The summed E-state index contributed by atoms with van der Waals surface area (Å²) in [5.74, 6) is 0.603. The van der Waals surface area contributed by atoms with E-state index in [1.54, 1.807) is 7.90 Å². The predicted octanol–water partition coefficient (Wildman–Crippen LogP) is 5.64. The number of rotatable bonds is 11. The molecule has 0 unspecified atom stereocenters. The Kier molecular flexibility index (Phi) is 10.2. The van der Waals surface area contributed by atoms with Crippen LogP contribution in [0.3, 0.4) is 0 Å². The molecule has 0 N–H and O–H groups in total.